The molecule has 5 aromatic rings. The van der Waals surface area contributed by atoms with Gasteiger partial charge in [-0.3, -0.25) is 14.2 Å². The van der Waals surface area contributed by atoms with Crippen LogP contribution in [0.4, 0.5) is 0 Å². The van der Waals surface area contributed by atoms with Crippen LogP contribution in [0.3, 0.4) is 0 Å². The Morgan fingerprint density at radius 1 is 1.03 bits per heavy atom. The maximum atomic E-state index is 13.3. The fraction of sp³-hybridized carbons (Fsp3) is 0.261. The number of carbonyl (C=O) groups is 1. The predicted octanol–water partition coefficient (Wildman–Crippen LogP) is 4.51. The molecule has 0 atom stereocenters. The Morgan fingerprint density at radius 3 is 2.69 bits per heavy atom. The molecule has 0 saturated carbocycles. The third-order valence-electron chi connectivity index (χ3n) is 6.32. The first kappa shape index (κ1) is 15.5. The molecule has 0 amide bonds. The summed E-state index contributed by atoms with van der Waals surface area (Å²) in [4.78, 5) is 22.9. The topological polar surface area (TPSA) is 65.7 Å². The number of Topliss-reactive ketones (excluding diaryl/α,β-unsaturated/α-hetero) is 1. The number of ether oxygens (including phenoxy) is 2. The molecule has 0 radical (unpaired) electrons. The number of benzene rings is 2. The molecule has 0 fully saturated rings. The van der Waals surface area contributed by atoms with Gasteiger partial charge in [-0.05, 0) is 30.0 Å². The van der Waals surface area contributed by atoms with Gasteiger partial charge in [-0.15, -0.1) is 0 Å². The van der Waals surface area contributed by atoms with Gasteiger partial charge in [0.1, 0.15) is 6.33 Å². The van der Waals surface area contributed by atoms with Gasteiger partial charge in [0.05, 0.1) is 27.8 Å². The lowest BCUT2D eigenvalue weighted by atomic mass is 9.74. The number of hydrogen-bond acceptors (Lipinski definition) is 5. The van der Waals surface area contributed by atoms with Crippen LogP contribution in [-0.2, 0) is 6.42 Å². The van der Waals surface area contributed by atoms with Gasteiger partial charge in [0, 0.05) is 34.2 Å². The van der Waals surface area contributed by atoms with Crippen LogP contribution in [0, 0.1) is 5.41 Å². The van der Waals surface area contributed by atoms with Crippen molar-refractivity contribution in [2.75, 3.05) is 6.79 Å². The fourth-order valence-electron chi connectivity index (χ4n) is 5.16. The minimum atomic E-state index is -0.0876. The van der Waals surface area contributed by atoms with Crippen LogP contribution in [0.15, 0.2) is 30.6 Å². The van der Waals surface area contributed by atoms with E-state index in [1.807, 2.05) is 30.6 Å². The van der Waals surface area contributed by atoms with Crippen LogP contribution in [0.25, 0.3) is 38.2 Å². The van der Waals surface area contributed by atoms with Crippen molar-refractivity contribution in [2.24, 2.45) is 5.41 Å². The van der Waals surface area contributed by atoms with E-state index in [0.717, 1.165) is 61.7 Å². The van der Waals surface area contributed by atoms with E-state index in [0.29, 0.717) is 12.2 Å². The predicted molar refractivity (Wildman–Crippen MR) is 109 cm³/mol. The Bertz CT molecular complexity index is 1530. The zero-order chi connectivity index (χ0) is 19.5. The molecular formula is C23H17N3O3. The van der Waals surface area contributed by atoms with E-state index in [4.69, 9.17) is 14.5 Å². The highest BCUT2D eigenvalue weighted by Gasteiger charge is 2.35. The summed E-state index contributed by atoms with van der Waals surface area (Å²) in [6.45, 7) is 4.48. The zero-order valence-corrected chi connectivity index (χ0v) is 16.1. The lowest BCUT2D eigenvalue weighted by Gasteiger charge is -2.30. The highest BCUT2D eigenvalue weighted by atomic mass is 16.7. The summed E-state index contributed by atoms with van der Waals surface area (Å²) in [7, 11) is 0. The highest BCUT2D eigenvalue weighted by molar-refractivity contribution is 6.28. The van der Waals surface area contributed by atoms with E-state index in [2.05, 4.69) is 23.2 Å². The molecule has 0 bridgehead atoms. The van der Waals surface area contributed by atoms with E-state index < -0.39 is 0 Å². The normalized spacial score (nSPS) is 17.8. The highest BCUT2D eigenvalue weighted by Crippen LogP contribution is 2.45. The molecule has 29 heavy (non-hydrogen) atoms. The van der Waals surface area contributed by atoms with Gasteiger partial charge in [0.25, 0.3) is 0 Å². The summed E-state index contributed by atoms with van der Waals surface area (Å²) in [5, 5.41) is 2.94. The van der Waals surface area contributed by atoms with E-state index in [-0.39, 0.29) is 18.0 Å². The molecule has 1 aliphatic heterocycles. The number of fused-ring (bicyclic) bond motifs is 6. The number of aromatic nitrogens is 3. The second-order valence-corrected chi connectivity index (χ2v) is 8.91. The number of imidazole rings is 1. The molecule has 0 spiro atoms. The van der Waals surface area contributed by atoms with Crippen molar-refractivity contribution in [3.05, 3.63) is 41.9 Å². The zero-order valence-electron chi connectivity index (χ0n) is 16.1. The monoisotopic (exact) mass is 383 g/mol. The van der Waals surface area contributed by atoms with E-state index in [1.165, 1.54) is 0 Å². The average molecular weight is 383 g/mol. The molecule has 6 nitrogen and oxygen atoms in total. The van der Waals surface area contributed by atoms with Crippen LogP contribution in [-0.4, -0.2) is 26.9 Å². The molecule has 7 rings (SSSR count). The summed E-state index contributed by atoms with van der Waals surface area (Å²) in [6.07, 6.45) is 3.14. The van der Waals surface area contributed by atoms with Gasteiger partial charge in [0.15, 0.2) is 17.3 Å². The van der Waals surface area contributed by atoms with Gasteiger partial charge < -0.3 is 9.47 Å². The lowest BCUT2D eigenvalue weighted by molar-refractivity contribution is 0.0912. The molecule has 0 N–H and O–H groups in total. The maximum Gasteiger partial charge on any atom is 0.231 e. The molecule has 2 aliphatic rings. The minimum Gasteiger partial charge on any atom is -0.454 e. The first-order valence-electron chi connectivity index (χ1n) is 9.80. The van der Waals surface area contributed by atoms with E-state index in [1.54, 1.807) is 0 Å². The number of carbonyl (C=O) groups excluding carboxylic acids is 1. The van der Waals surface area contributed by atoms with Crippen LogP contribution in [0.2, 0.25) is 0 Å². The molecule has 0 saturated heterocycles. The standard InChI is InChI=1S/C23H17N3O3/c1-23(2)7-14-20(16(27)8-23)19-11-5-17-18(29-10-28-17)6-15(11)26-9-24-13-4-3-12(25-14)21(19)22(13)26/h3-6,9H,7-8,10H2,1-2H3. The quantitative estimate of drug-likeness (QED) is 0.291. The van der Waals surface area contributed by atoms with Gasteiger partial charge in [-0.25, -0.2) is 4.98 Å². The Labute approximate surface area is 165 Å². The van der Waals surface area contributed by atoms with Crippen LogP contribution < -0.4 is 9.47 Å². The molecule has 6 heteroatoms. The number of ketones is 1. The molecule has 0 unspecified atom stereocenters. The summed E-state index contributed by atoms with van der Waals surface area (Å²) in [5.74, 6) is 1.59. The van der Waals surface area contributed by atoms with E-state index >= 15 is 0 Å². The molecule has 3 aromatic heterocycles. The first-order valence-corrected chi connectivity index (χ1v) is 9.80. The third kappa shape index (κ3) is 1.84. The Balaban J connectivity index is 1.79. The van der Waals surface area contributed by atoms with E-state index in [9.17, 15) is 4.79 Å². The Hall–Kier alpha value is -3.41. The average Bonchev–Trinajstić information content (AvgIpc) is 3.30. The maximum absolute atomic E-state index is 13.3. The van der Waals surface area contributed by atoms with Gasteiger partial charge >= 0.3 is 0 Å². The fourth-order valence-corrected chi connectivity index (χ4v) is 5.16. The summed E-state index contributed by atoms with van der Waals surface area (Å²) in [5.41, 5.74) is 5.32. The number of hydrogen-bond donors (Lipinski definition) is 0. The van der Waals surface area contributed by atoms with Crippen LogP contribution >= 0.6 is 0 Å². The number of pyridine rings is 2. The minimum absolute atomic E-state index is 0.0876. The van der Waals surface area contributed by atoms with Crippen molar-refractivity contribution in [3.8, 4) is 11.5 Å². The second kappa shape index (κ2) is 4.76. The summed E-state index contributed by atoms with van der Waals surface area (Å²) >= 11 is 0. The number of rotatable bonds is 0. The molecule has 4 heterocycles. The Kier molecular flexibility index (Phi) is 2.55. The summed E-state index contributed by atoms with van der Waals surface area (Å²) in [6, 6.07) is 8.01. The first-order chi connectivity index (χ1) is 14.0. The van der Waals surface area contributed by atoms with Gasteiger partial charge in [0.2, 0.25) is 6.79 Å². The SMILES string of the molecule is CC1(C)CC(=O)c2c(nc3ccc4ncn5c6cc7c(cc6c2c3c45)OCO7)C1. The van der Waals surface area contributed by atoms with Crippen molar-refractivity contribution < 1.29 is 14.3 Å². The van der Waals surface area contributed by atoms with Crippen LogP contribution in [0.5, 0.6) is 11.5 Å². The summed E-state index contributed by atoms with van der Waals surface area (Å²) < 4.78 is 13.4. The molecular weight excluding hydrogens is 366 g/mol. The second-order valence-electron chi connectivity index (χ2n) is 8.91. The molecule has 2 aromatic carbocycles. The van der Waals surface area contributed by atoms with Crippen molar-refractivity contribution in [3.63, 3.8) is 0 Å². The third-order valence-corrected chi connectivity index (χ3v) is 6.32. The van der Waals surface area contributed by atoms with Gasteiger partial charge in [-0.1, -0.05) is 13.8 Å². The molecule has 142 valence electrons. The lowest BCUT2D eigenvalue weighted by Crippen LogP contribution is -2.28. The smallest absolute Gasteiger partial charge is 0.231 e. The molecule has 1 aliphatic carbocycles. The number of nitrogens with zero attached hydrogens (tertiary/aromatic N) is 3. The van der Waals surface area contributed by atoms with Gasteiger partial charge in [-0.2, -0.15) is 0 Å². The largest absolute Gasteiger partial charge is 0.454 e. The van der Waals surface area contributed by atoms with Crippen molar-refractivity contribution >= 4 is 44.0 Å². The van der Waals surface area contributed by atoms with Crippen molar-refractivity contribution in [1.29, 1.82) is 0 Å². The Morgan fingerprint density at radius 2 is 1.83 bits per heavy atom. The van der Waals surface area contributed by atoms with Crippen molar-refractivity contribution in [2.45, 2.75) is 26.7 Å². The van der Waals surface area contributed by atoms with Crippen molar-refractivity contribution in [1.82, 2.24) is 14.4 Å². The van der Waals surface area contributed by atoms with Crippen LogP contribution in [0.1, 0.15) is 36.3 Å².